The van der Waals surface area contributed by atoms with Crippen LogP contribution in [0.4, 0.5) is 9.59 Å². The van der Waals surface area contributed by atoms with Crippen molar-refractivity contribution in [3.05, 3.63) is 54.1 Å². The average molecular weight is 719 g/mol. The summed E-state index contributed by atoms with van der Waals surface area (Å²) in [7, 11) is -4.25. The molecule has 2 aromatic carbocycles. The van der Waals surface area contributed by atoms with Gasteiger partial charge in [0.1, 0.15) is 6.09 Å². The standard InChI is InChI=1S/C35H49N3O11S/c1-4-45-33(40)36-16-9-8-15-35(2,3)22-37(50(43,44)25-12-13-30-31(19-25)49-23-48-30)20-29(39)27(18-24-10-6-5-7-11-24)38(34(41)42)28-21-47-32-26(28)14-17-46-32/h5-7,10-13,19,26-29,32,39H,4,8-9,14-18,20-23H2,1-3H3,(H,36,40)(H,41,42)/p-1/t26-,27+,28-,29-,32+/m1/s1. The molecule has 0 unspecified atom stereocenters. The first-order chi connectivity index (χ1) is 23.9. The second kappa shape index (κ2) is 16.6. The van der Waals surface area contributed by atoms with Crippen molar-refractivity contribution in [1.82, 2.24) is 14.5 Å². The molecule has 5 rings (SSSR count). The van der Waals surface area contributed by atoms with Crippen LogP contribution in [0.25, 0.3) is 0 Å². The number of ether oxygens (including phenoxy) is 5. The van der Waals surface area contributed by atoms with E-state index in [4.69, 9.17) is 23.7 Å². The van der Waals surface area contributed by atoms with Crippen molar-refractivity contribution in [2.75, 3.05) is 46.2 Å². The molecule has 15 heteroatoms. The predicted octanol–water partition coefficient (Wildman–Crippen LogP) is 2.73. The van der Waals surface area contributed by atoms with Gasteiger partial charge in [0.2, 0.25) is 16.8 Å². The second-order valence-corrected chi connectivity index (χ2v) is 15.6. The van der Waals surface area contributed by atoms with E-state index in [0.717, 1.165) is 10.5 Å². The lowest BCUT2D eigenvalue weighted by Gasteiger charge is -2.43. The number of nitrogens with one attached hydrogen (secondary N) is 1. The lowest BCUT2D eigenvalue weighted by molar-refractivity contribution is -0.273. The number of aliphatic hydroxyl groups is 1. The normalized spacial score (nSPS) is 21.1. The van der Waals surface area contributed by atoms with Crippen LogP contribution in [0.1, 0.15) is 52.0 Å². The number of amides is 2. The van der Waals surface area contributed by atoms with Crippen LogP contribution in [0.3, 0.4) is 0 Å². The molecule has 0 spiro atoms. The smallest absolute Gasteiger partial charge is 0.407 e. The first kappa shape index (κ1) is 37.6. The molecule has 0 bridgehead atoms. The van der Waals surface area contributed by atoms with Gasteiger partial charge in [0.05, 0.1) is 42.9 Å². The van der Waals surface area contributed by atoms with Crippen molar-refractivity contribution in [1.29, 1.82) is 0 Å². The molecule has 2 aromatic rings. The zero-order valence-corrected chi connectivity index (χ0v) is 29.6. The summed E-state index contributed by atoms with van der Waals surface area (Å²) >= 11 is 0. The number of sulfonamides is 1. The number of carbonyl (C=O) groups excluding carboxylic acids is 2. The fourth-order valence-corrected chi connectivity index (χ4v) is 8.61. The van der Waals surface area contributed by atoms with Crippen LogP contribution in [0.15, 0.2) is 53.4 Å². The largest absolute Gasteiger partial charge is 0.530 e. The highest BCUT2D eigenvalue weighted by Crippen LogP contribution is 2.38. The fourth-order valence-electron chi connectivity index (χ4n) is 6.94. The molecular weight excluding hydrogens is 670 g/mol. The molecule has 50 heavy (non-hydrogen) atoms. The van der Waals surface area contributed by atoms with E-state index in [1.807, 2.05) is 44.2 Å². The molecule has 2 N–H and O–H groups in total. The minimum absolute atomic E-state index is 0.0145. The van der Waals surface area contributed by atoms with Crippen LogP contribution in [-0.2, 0) is 30.7 Å². The summed E-state index contributed by atoms with van der Waals surface area (Å²) in [6.45, 7) is 6.36. The number of aliphatic hydroxyl groups excluding tert-OH is 1. The Kier molecular flexibility index (Phi) is 12.5. The number of carbonyl (C=O) groups is 2. The number of hydrogen-bond acceptors (Lipinski definition) is 11. The maximum Gasteiger partial charge on any atom is 0.407 e. The molecule has 5 atom stereocenters. The van der Waals surface area contributed by atoms with E-state index in [1.165, 1.54) is 22.5 Å². The second-order valence-electron chi connectivity index (χ2n) is 13.7. The first-order valence-corrected chi connectivity index (χ1v) is 18.6. The van der Waals surface area contributed by atoms with Crippen molar-refractivity contribution in [2.24, 2.45) is 11.3 Å². The average Bonchev–Trinajstić information content (AvgIpc) is 3.83. The Balaban J connectivity index is 1.42. The number of nitrogens with zero attached hydrogens (tertiary/aromatic N) is 2. The maximum atomic E-state index is 14.4. The Morgan fingerprint density at radius 3 is 2.60 bits per heavy atom. The van der Waals surface area contributed by atoms with E-state index < -0.39 is 58.6 Å². The predicted molar refractivity (Wildman–Crippen MR) is 179 cm³/mol. The summed E-state index contributed by atoms with van der Waals surface area (Å²) in [5.41, 5.74) is 0.187. The van der Waals surface area contributed by atoms with Gasteiger partial charge >= 0.3 is 6.09 Å². The van der Waals surface area contributed by atoms with E-state index in [2.05, 4.69) is 5.32 Å². The Bertz CT molecular complexity index is 1560. The summed E-state index contributed by atoms with van der Waals surface area (Å²) in [5.74, 6) is 0.469. The highest BCUT2D eigenvalue weighted by molar-refractivity contribution is 7.89. The zero-order chi connectivity index (χ0) is 35.9. The summed E-state index contributed by atoms with van der Waals surface area (Å²) in [6.07, 6.45) is -1.35. The van der Waals surface area contributed by atoms with Gasteiger partial charge in [-0.3, -0.25) is 0 Å². The highest BCUT2D eigenvalue weighted by Gasteiger charge is 2.47. The lowest BCUT2D eigenvalue weighted by atomic mass is 9.87. The molecule has 2 amide bonds. The van der Waals surface area contributed by atoms with Crippen molar-refractivity contribution in [3.63, 3.8) is 0 Å². The van der Waals surface area contributed by atoms with Gasteiger partial charge < -0.3 is 48.9 Å². The van der Waals surface area contributed by atoms with E-state index in [-0.39, 0.29) is 43.8 Å². The molecule has 2 saturated heterocycles. The van der Waals surface area contributed by atoms with Gasteiger partial charge in [-0.2, -0.15) is 4.31 Å². The number of carboxylic acid groups (broad SMARTS) is 1. The molecule has 276 valence electrons. The molecule has 14 nitrogen and oxygen atoms in total. The van der Waals surface area contributed by atoms with E-state index in [1.54, 1.807) is 6.92 Å². The van der Waals surface area contributed by atoms with E-state index in [9.17, 15) is 28.2 Å². The number of rotatable bonds is 17. The van der Waals surface area contributed by atoms with E-state index >= 15 is 0 Å². The third kappa shape index (κ3) is 9.18. The Morgan fingerprint density at radius 1 is 1.10 bits per heavy atom. The quantitative estimate of drug-likeness (QED) is 0.230. The Hall–Kier alpha value is -3.63. The van der Waals surface area contributed by atoms with Gasteiger partial charge in [0, 0.05) is 31.6 Å². The minimum atomic E-state index is -4.25. The number of alkyl carbamates (subject to hydrolysis) is 1. The molecule has 2 fully saturated rings. The number of benzene rings is 2. The monoisotopic (exact) mass is 718 g/mol. The van der Waals surface area contributed by atoms with Crippen LogP contribution in [0.2, 0.25) is 0 Å². The molecule has 3 aliphatic rings. The number of fused-ring (bicyclic) bond motifs is 2. The highest BCUT2D eigenvalue weighted by atomic mass is 32.2. The van der Waals surface area contributed by atoms with Gasteiger partial charge in [0.15, 0.2) is 17.8 Å². The topological polar surface area (TPSA) is 176 Å². The molecule has 3 heterocycles. The van der Waals surface area contributed by atoms with Crippen LogP contribution in [0, 0.1) is 11.3 Å². The minimum Gasteiger partial charge on any atom is -0.530 e. The molecule has 0 aromatic heterocycles. The van der Waals surface area contributed by atoms with Gasteiger partial charge in [-0.25, -0.2) is 13.2 Å². The summed E-state index contributed by atoms with van der Waals surface area (Å²) < 4.78 is 57.3. The lowest BCUT2D eigenvalue weighted by Crippen LogP contribution is -2.61. The van der Waals surface area contributed by atoms with E-state index in [0.29, 0.717) is 50.3 Å². The van der Waals surface area contributed by atoms with Crippen LogP contribution in [0.5, 0.6) is 11.5 Å². The molecular formula is C35H48N3O11S-. The zero-order valence-electron chi connectivity index (χ0n) is 28.8. The maximum absolute atomic E-state index is 14.4. The van der Waals surface area contributed by atoms with Gasteiger partial charge in [0.25, 0.3) is 0 Å². The van der Waals surface area contributed by atoms with Crippen LogP contribution in [-0.4, -0.2) is 106 Å². The number of unbranched alkanes of at least 4 members (excludes halogenated alkanes) is 1. The molecule has 0 aliphatic carbocycles. The van der Waals surface area contributed by atoms with Crippen molar-refractivity contribution < 1.29 is 51.9 Å². The molecule has 3 aliphatic heterocycles. The summed E-state index contributed by atoms with van der Waals surface area (Å²) in [6, 6.07) is 11.8. The van der Waals surface area contributed by atoms with Crippen molar-refractivity contribution in [3.8, 4) is 11.5 Å². The van der Waals surface area contributed by atoms with Crippen LogP contribution >= 0.6 is 0 Å². The third-order valence-electron chi connectivity index (χ3n) is 9.47. The summed E-state index contributed by atoms with van der Waals surface area (Å²) in [5, 5.41) is 27.7. The van der Waals surface area contributed by atoms with Crippen LogP contribution < -0.4 is 19.9 Å². The van der Waals surface area contributed by atoms with Gasteiger partial charge in [-0.15, -0.1) is 0 Å². The molecule has 0 saturated carbocycles. The van der Waals surface area contributed by atoms with Crippen molar-refractivity contribution >= 4 is 22.2 Å². The van der Waals surface area contributed by atoms with Crippen molar-refractivity contribution in [2.45, 2.75) is 82.2 Å². The summed E-state index contributed by atoms with van der Waals surface area (Å²) in [4.78, 5) is 25.7. The Morgan fingerprint density at radius 2 is 1.86 bits per heavy atom. The fraction of sp³-hybridized carbons (Fsp3) is 0.600. The number of hydrogen-bond donors (Lipinski definition) is 2. The first-order valence-electron chi connectivity index (χ1n) is 17.1. The Labute approximate surface area is 293 Å². The SMILES string of the molecule is CCOC(=O)NCCCCC(C)(C)CN(C[C@@H](O)[C@H](Cc1ccccc1)N(C(=O)[O-])[C@@H]1CO[C@@H]2OCC[C@@H]21)S(=O)(=O)c1ccc2c(c1)OCO2. The molecule has 0 radical (unpaired) electrons. The van der Waals surface area contributed by atoms with Gasteiger partial charge in [-0.1, -0.05) is 50.6 Å². The van der Waals surface area contributed by atoms with Gasteiger partial charge in [-0.05, 0) is 55.7 Å². The third-order valence-corrected chi connectivity index (χ3v) is 11.3.